The summed E-state index contributed by atoms with van der Waals surface area (Å²) in [6.45, 7) is 2.25. The Hall–Kier alpha value is -3.11. The van der Waals surface area contributed by atoms with Crippen molar-refractivity contribution < 1.29 is 27.5 Å². The smallest absolute Gasteiger partial charge is 0.378 e. The zero-order chi connectivity index (χ0) is 23.3. The summed E-state index contributed by atoms with van der Waals surface area (Å²) in [5.41, 5.74) is 6.23. The van der Waals surface area contributed by atoms with Crippen LogP contribution in [-0.4, -0.2) is 56.6 Å². The standard InChI is InChI=1S/C22H25F3N4O3/c1-28(13-15-3-2-4-16(11-15)21(26)31)14-20(30)27-18-12-17(22(23,24)25)5-6-19(18)29-7-9-32-10-8-29/h2-6,11-12H,7-10,13-14H2,1H3,(H2,26,31)(H,27,30). The van der Waals surface area contributed by atoms with Crippen LogP contribution < -0.4 is 16.0 Å². The van der Waals surface area contributed by atoms with Crippen LogP contribution in [0.5, 0.6) is 0 Å². The molecule has 0 bridgehead atoms. The minimum atomic E-state index is -4.52. The van der Waals surface area contributed by atoms with Gasteiger partial charge in [-0.1, -0.05) is 12.1 Å². The van der Waals surface area contributed by atoms with Crippen LogP contribution in [0.25, 0.3) is 0 Å². The molecule has 1 saturated heterocycles. The number of nitrogens with one attached hydrogen (secondary N) is 1. The number of alkyl halides is 3. The molecule has 2 amide bonds. The fraction of sp³-hybridized carbons (Fsp3) is 0.364. The number of hydrogen-bond acceptors (Lipinski definition) is 5. The van der Waals surface area contributed by atoms with Crippen LogP contribution >= 0.6 is 0 Å². The molecule has 0 aliphatic carbocycles. The first-order valence-electron chi connectivity index (χ1n) is 10.0. The summed E-state index contributed by atoms with van der Waals surface area (Å²) >= 11 is 0. The third kappa shape index (κ3) is 6.21. The number of nitrogens with two attached hydrogens (primary N) is 1. The Morgan fingerprint density at radius 2 is 1.88 bits per heavy atom. The lowest BCUT2D eigenvalue weighted by Gasteiger charge is -2.31. The van der Waals surface area contributed by atoms with Gasteiger partial charge >= 0.3 is 6.18 Å². The van der Waals surface area contributed by atoms with Gasteiger partial charge in [-0.3, -0.25) is 14.5 Å². The summed E-state index contributed by atoms with van der Waals surface area (Å²) in [5.74, 6) is -1.00. The first-order chi connectivity index (χ1) is 15.1. The number of anilines is 2. The number of carbonyl (C=O) groups excluding carboxylic acids is 2. The van der Waals surface area contributed by atoms with Gasteiger partial charge in [0.15, 0.2) is 0 Å². The molecule has 10 heteroatoms. The zero-order valence-corrected chi connectivity index (χ0v) is 17.6. The Labute approximate surface area is 183 Å². The van der Waals surface area contributed by atoms with Crippen molar-refractivity contribution in [2.24, 2.45) is 5.73 Å². The minimum absolute atomic E-state index is 0.0560. The SMILES string of the molecule is CN(CC(=O)Nc1cc(C(F)(F)F)ccc1N1CCOCC1)Cc1cccc(C(N)=O)c1. The molecule has 0 atom stereocenters. The average molecular weight is 450 g/mol. The molecule has 0 unspecified atom stereocenters. The van der Waals surface area contributed by atoms with E-state index < -0.39 is 23.6 Å². The molecule has 0 radical (unpaired) electrons. The molecule has 0 saturated carbocycles. The number of morpholine rings is 1. The van der Waals surface area contributed by atoms with E-state index in [1.165, 1.54) is 6.07 Å². The van der Waals surface area contributed by atoms with Gasteiger partial charge in [-0.25, -0.2) is 0 Å². The summed E-state index contributed by atoms with van der Waals surface area (Å²) in [6, 6.07) is 10.1. The molecule has 32 heavy (non-hydrogen) atoms. The van der Waals surface area contributed by atoms with Crippen molar-refractivity contribution in [3.05, 3.63) is 59.2 Å². The molecule has 1 aliphatic heterocycles. The van der Waals surface area contributed by atoms with Crippen LogP contribution in [0.2, 0.25) is 0 Å². The molecule has 1 heterocycles. The highest BCUT2D eigenvalue weighted by Gasteiger charge is 2.32. The van der Waals surface area contributed by atoms with E-state index in [4.69, 9.17) is 10.5 Å². The van der Waals surface area contributed by atoms with Crippen LogP contribution in [0.1, 0.15) is 21.5 Å². The Bertz CT molecular complexity index is 975. The topological polar surface area (TPSA) is 87.9 Å². The van der Waals surface area contributed by atoms with E-state index in [0.29, 0.717) is 44.1 Å². The summed E-state index contributed by atoms with van der Waals surface area (Å²) in [4.78, 5) is 27.5. The highest BCUT2D eigenvalue weighted by Crippen LogP contribution is 2.35. The molecule has 0 spiro atoms. The van der Waals surface area contributed by atoms with Crippen LogP contribution in [0.15, 0.2) is 42.5 Å². The van der Waals surface area contributed by atoms with Gasteiger partial charge in [-0.05, 0) is 42.9 Å². The van der Waals surface area contributed by atoms with Gasteiger partial charge < -0.3 is 20.7 Å². The monoisotopic (exact) mass is 450 g/mol. The normalized spacial score (nSPS) is 14.5. The molecule has 1 fully saturated rings. The molecular formula is C22H25F3N4O3. The molecule has 0 aromatic heterocycles. The number of primary amides is 1. The van der Waals surface area contributed by atoms with Gasteiger partial charge in [0.1, 0.15) is 0 Å². The van der Waals surface area contributed by atoms with E-state index in [1.54, 1.807) is 36.2 Å². The molecule has 2 aromatic rings. The van der Waals surface area contributed by atoms with Crippen LogP contribution in [0, 0.1) is 0 Å². The Balaban J connectivity index is 1.72. The van der Waals surface area contributed by atoms with Crippen molar-refractivity contribution in [1.29, 1.82) is 0 Å². The van der Waals surface area contributed by atoms with Gasteiger partial charge in [0.2, 0.25) is 11.8 Å². The highest BCUT2D eigenvalue weighted by molar-refractivity contribution is 5.96. The number of rotatable bonds is 7. The number of benzene rings is 2. The second-order valence-electron chi connectivity index (χ2n) is 7.61. The number of ether oxygens (including phenoxy) is 1. The first-order valence-corrected chi connectivity index (χ1v) is 10.0. The molecule has 7 nitrogen and oxygen atoms in total. The summed E-state index contributed by atoms with van der Waals surface area (Å²) < 4.78 is 45.0. The van der Waals surface area contributed by atoms with Crippen LogP contribution in [0.3, 0.4) is 0 Å². The maximum Gasteiger partial charge on any atom is 0.416 e. The van der Waals surface area contributed by atoms with Gasteiger partial charge in [-0.2, -0.15) is 13.2 Å². The molecule has 3 N–H and O–H groups in total. The number of likely N-dealkylation sites (N-methyl/N-ethyl adjacent to an activating group) is 1. The van der Waals surface area contributed by atoms with Crippen molar-refractivity contribution in [3.63, 3.8) is 0 Å². The second-order valence-corrected chi connectivity index (χ2v) is 7.61. The van der Waals surface area contributed by atoms with E-state index >= 15 is 0 Å². The van der Waals surface area contributed by atoms with Crippen LogP contribution in [0.4, 0.5) is 24.5 Å². The van der Waals surface area contributed by atoms with Crippen molar-refractivity contribution >= 4 is 23.2 Å². The van der Waals surface area contributed by atoms with Gasteiger partial charge in [0, 0.05) is 25.2 Å². The number of carbonyl (C=O) groups is 2. The quantitative estimate of drug-likeness (QED) is 0.677. The van der Waals surface area contributed by atoms with Crippen molar-refractivity contribution in [3.8, 4) is 0 Å². The number of halogens is 3. The fourth-order valence-electron chi connectivity index (χ4n) is 3.52. The van der Waals surface area contributed by atoms with E-state index in [0.717, 1.165) is 17.7 Å². The van der Waals surface area contributed by atoms with E-state index in [2.05, 4.69) is 5.32 Å². The maximum atomic E-state index is 13.2. The predicted molar refractivity (Wildman–Crippen MR) is 114 cm³/mol. The lowest BCUT2D eigenvalue weighted by atomic mass is 10.1. The van der Waals surface area contributed by atoms with E-state index in [-0.39, 0.29) is 12.2 Å². The summed E-state index contributed by atoms with van der Waals surface area (Å²) in [6.07, 6.45) is -4.52. The number of amides is 2. The van der Waals surface area contributed by atoms with Crippen LogP contribution in [-0.2, 0) is 22.3 Å². The Morgan fingerprint density at radius 1 is 1.16 bits per heavy atom. The fourth-order valence-corrected chi connectivity index (χ4v) is 3.52. The minimum Gasteiger partial charge on any atom is -0.378 e. The van der Waals surface area contributed by atoms with Crippen molar-refractivity contribution in [2.75, 3.05) is 50.1 Å². The first kappa shape index (κ1) is 23.6. The molecular weight excluding hydrogens is 425 g/mol. The van der Waals surface area contributed by atoms with E-state index in [1.807, 2.05) is 4.90 Å². The Kier molecular flexibility index (Phi) is 7.37. The van der Waals surface area contributed by atoms with Gasteiger partial charge in [0.05, 0.1) is 36.7 Å². The summed E-state index contributed by atoms with van der Waals surface area (Å²) in [5, 5.41) is 2.63. The lowest BCUT2D eigenvalue weighted by molar-refractivity contribution is -0.137. The van der Waals surface area contributed by atoms with Crippen molar-refractivity contribution in [2.45, 2.75) is 12.7 Å². The average Bonchev–Trinajstić information content (AvgIpc) is 2.73. The highest BCUT2D eigenvalue weighted by atomic mass is 19.4. The lowest BCUT2D eigenvalue weighted by Crippen LogP contribution is -2.37. The molecule has 3 rings (SSSR count). The molecule has 1 aliphatic rings. The number of nitrogens with zero attached hydrogens (tertiary/aromatic N) is 2. The molecule has 172 valence electrons. The third-order valence-corrected chi connectivity index (χ3v) is 5.03. The van der Waals surface area contributed by atoms with Crippen molar-refractivity contribution in [1.82, 2.24) is 4.90 Å². The third-order valence-electron chi connectivity index (χ3n) is 5.03. The maximum absolute atomic E-state index is 13.2. The predicted octanol–water partition coefficient (Wildman–Crippen LogP) is 2.71. The van der Waals surface area contributed by atoms with Gasteiger partial charge in [-0.15, -0.1) is 0 Å². The molecule has 2 aromatic carbocycles. The second kappa shape index (κ2) is 10.0. The Morgan fingerprint density at radius 3 is 2.53 bits per heavy atom. The van der Waals surface area contributed by atoms with E-state index in [9.17, 15) is 22.8 Å². The zero-order valence-electron chi connectivity index (χ0n) is 17.6. The summed E-state index contributed by atoms with van der Waals surface area (Å²) in [7, 11) is 1.70. The largest absolute Gasteiger partial charge is 0.416 e. The number of hydrogen-bond donors (Lipinski definition) is 2. The van der Waals surface area contributed by atoms with Gasteiger partial charge in [0.25, 0.3) is 0 Å².